The summed E-state index contributed by atoms with van der Waals surface area (Å²) in [6.07, 6.45) is 5.82. The quantitative estimate of drug-likeness (QED) is 0.319. The van der Waals surface area contributed by atoms with E-state index >= 15 is 0 Å². The molecule has 7 heteroatoms. The molecule has 36 heavy (non-hydrogen) atoms. The Bertz CT molecular complexity index is 990. The Morgan fingerprint density at radius 2 is 1.58 bits per heavy atom. The largest absolute Gasteiger partial charge is 0.486 e. The molecule has 1 amide bonds. The van der Waals surface area contributed by atoms with Crippen molar-refractivity contribution in [2.24, 2.45) is 0 Å². The van der Waals surface area contributed by atoms with Gasteiger partial charge in [0.1, 0.15) is 19.3 Å². The van der Waals surface area contributed by atoms with Gasteiger partial charge in [0, 0.05) is 24.9 Å². The van der Waals surface area contributed by atoms with E-state index < -0.39 is 12.1 Å². The second-order valence-corrected chi connectivity index (χ2v) is 9.73. The van der Waals surface area contributed by atoms with E-state index in [9.17, 15) is 14.7 Å². The number of carbonyl (C=O) groups is 2. The fraction of sp³-hybridized carbons (Fsp3) is 0.517. The first-order valence-corrected chi connectivity index (χ1v) is 13.3. The van der Waals surface area contributed by atoms with Gasteiger partial charge in [-0.05, 0) is 56.5 Å². The number of amides is 1. The molecule has 194 valence electrons. The number of likely N-dealkylation sites (tertiary alicyclic amines) is 1. The van der Waals surface area contributed by atoms with Crippen LogP contribution in [0.2, 0.25) is 0 Å². The lowest BCUT2D eigenvalue weighted by Gasteiger charge is -2.29. The maximum Gasteiger partial charge on any atom is 0.220 e. The number of aliphatic hydroxyl groups excluding tert-OH is 1. The molecule has 2 aromatic carbocycles. The van der Waals surface area contributed by atoms with Gasteiger partial charge in [-0.2, -0.15) is 0 Å². The third-order valence-corrected chi connectivity index (χ3v) is 6.94. The Morgan fingerprint density at radius 1 is 0.889 bits per heavy atom. The number of ketones is 1. The molecule has 2 unspecified atom stereocenters. The summed E-state index contributed by atoms with van der Waals surface area (Å²) in [6.45, 7) is 3.60. The molecule has 2 aliphatic heterocycles. The zero-order chi connectivity index (χ0) is 25.2. The average Bonchev–Trinajstić information content (AvgIpc) is 3.43. The standard InChI is InChI=1S/C29H38N2O5/c32-25(22-10-4-3-5-11-22)12-6-1-2-7-13-28(33)30-24(21-31-16-8-9-17-31)29(34)23-14-15-26-27(20-23)36-19-18-35-26/h3-5,10-11,14-15,20,24,29,34H,1-2,6-9,12-13,16-19,21H2,(H,30,33). The molecule has 0 bridgehead atoms. The van der Waals surface area contributed by atoms with Gasteiger partial charge in [-0.3, -0.25) is 9.59 Å². The van der Waals surface area contributed by atoms with E-state index in [0.717, 1.165) is 57.2 Å². The minimum Gasteiger partial charge on any atom is -0.486 e. The van der Waals surface area contributed by atoms with Crippen LogP contribution < -0.4 is 14.8 Å². The topological polar surface area (TPSA) is 88.1 Å². The molecule has 2 aromatic rings. The molecule has 0 aliphatic carbocycles. The number of fused-ring (bicyclic) bond motifs is 1. The number of aliphatic hydroxyl groups is 1. The molecule has 0 saturated carbocycles. The molecule has 0 radical (unpaired) electrons. The first-order valence-electron chi connectivity index (χ1n) is 13.3. The molecule has 2 aliphatic rings. The van der Waals surface area contributed by atoms with Crippen molar-refractivity contribution < 1.29 is 24.2 Å². The molecular weight excluding hydrogens is 456 g/mol. The Morgan fingerprint density at radius 3 is 2.33 bits per heavy atom. The highest BCUT2D eigenvalue weighted by Crippen LogP contribution is 2.33. The van der Waals surface area contributed by atoms with Gasteiger partial charge in [0.2, 0.25) is 5.91 Å². The van der Waals surface area contributed by atoms with Crippen molar-refractivity contribution >= 4 is 11.7 Å². The average molecular weight is 495 g/mol. The van der Waals surface area contributed by atoms with Crippen molar-refractivity contribution in [3.05, 3.63) is 59.7 Å². The minimum atomic E-state index is -0.839. The zero-order valence-electron chi connectivity index (χ0n) is 21.0. The summed E-state index contributed by atoms with van der Waals surface area (Å²) in [5.74, 6) is 1.44. The van der Waals surface area contributed by atoms with Crippen LogP contribution in [0.5, 0.6) is 11.5 Å². The molecule has 2 atom stereocenters. The number of ether oxygens (including phenoxy) is 2. The van der Waals surface area contributed by atoms with Crippen LogP contribution in [0.1, 0.15) is 73.4 Å². The Labute approximate surface area is 213 Å². The maximum atomic E-state index is 12.8. The van der Waals surface area contributed by atoms with Crippen molar-refractivity contribution in [3.63, 3.8) is 0 Å². The van der Waals surface area contributed by atoms with Crippen molar-refractivity contribution in [2.75, 3.05) is 32.8 Å². The second-order valence-electron chi connectivity index (χ2n) is 9.73. The summed E-state index contributed by atoms with van der Waals surface area (Å²) in [4.78, 5) is 27.3. The Kier molecular flexibility index (Phi) is 9.76. The fourth-order valence-corrected chi connectivity index (χ4v) is 4.92. The lowest BCUT2D eigenvalue weighted by molar-refractivity contribution is -0.123. The van der Waals surface area contributed by atoms with Gasteiger partial charge in [-0.1, -0.05) is 49.2 Å². The van der Waals surface area contributed by atoms with Gasteiger partial charge >= 0.3 is 0 Å². The highest BCUT2D eigenvalue weighted by atomic mass is 16.6. The van der Waals surface area contributed by atoms with Crippen LogP contribution in [-0.2, 0) is 4.79 Å². The van der Waals surface area contributed by atoms with E-state index in [1.807, 2.05) is 48.5 Å². The van der Waals surface area contributed by atoms with Crippen LogP contribution in [0.3, 0.4) is 0 Å². The van der Waals surface area contributed by atoms with Gasteiger partial charge < -0.3 is 24.8 Å². The van der Waals surface area contributed by atoms with Gasteiger partial charge in [0.25, 0.3) is 0 Å². The molecule has 2 heterocycles. The third-order valence-electron chi connectivity index (χ3n) is 6.94. The molecule has 7 nitrogen and oxygen atoms in total. The summed E-state index contributed by atoms with van der Waals surface area (Å²) >= 11 is 0. The van der Waals surface area contributed by atoms with Crippen LogP contribution in [0.15, 0.2) is 48.5 Å². The van der Waals surface area contributed by atoms with Crippen LogP contribution in [0.25, 0.3) is 0 Å². The van der Waals surface area contributed by atoms with Crippen molar-refractivity contribution in [1.82, 2.24) is 10.2 Å². The summed E-state index contributed by atoms with van der Waals surface area (Å²) < 4.78 is 11.3. The summed E-state index contributed by atoms with van der Waals surface area (Å²) in [7, 11) is 0. The number of benzene rings is 2. The highest BCUT2D eigenvalue weighted by molar-refractivity contribution is 5.95. The summed E-state index contributed by atoms with van der Waals surface area (Å²) in [5.41, 5.74) is 1.48. The van der Waals surface area contributed by atoms with E-state index in [-0.39, 0.29) is 11.7 Å². The molecule has 0 spiro atoms. The molecule has 1 saturated heterocycles. The number of hydrogen-bond donors (Lipinski definition) is 2. The molecule has 4 rings (SSSR count). The highest BCUT2D eigenvalue weighted by Gasteiger charge is 2.27. The van der Waals surface area contributed by atoms with E-state index in [0.29, 0.717) is 49.7 Å². The minimum absolute atomic E-state index is 0.0452. The van der Waals surface area contributed by atoms with E-state index in [2.05, 4.69) is 10.2 Å². The lowest BCUT2D eigenvalue weighted by Crippen LogP contribution is -2.46. The van der Waals surface area contributed by atoms with Crippen LogP contribution in [0.4, 0.5) is 0 Å². The number of unbranched alkanes of at least 4 members (excludes halogenated alkanes) is 3. The number of rotatable bonds is 13. The normalized spacial score (nSPS) is 16.9. The number of hydrogen-bond acceptors (Lipinski definition) is 6. The van der Waals surface area contributed by atoms with Crippen molar-refractivity contribution in [1.29, 1.82) is 0 Å². The van der Waals surface area contributed by atoms with Gasteiger partial charge in [-0.15, -0.1) is 0 Å². The Hall–Kier alpha value is -2.90. The SMILES string of the molecule is O=C(CCCCCCC(=O)c1ccccc1)NC(CN1CCCC1)C(O)c1ccc2c(c1)OCCO2. The number of carbonyl (C=O) groups excluding carboxylic acids is 2. The maximum absolute atomic E-state index is 12.8. The molecule has 0 aromatic heterocycles. The number of nitrogens with one attached hydrogen (secondary N) is 1. The first-order chi connectivity index (χ1) is 17.6. The third kappa shape index (κ3) is 7.55. The van der Waals surface area contributed by atoms with Gasteiger partial charge in [0.15, 0.2) is 17.3 Å². The van der Waals surface area contributed by atoms with Crippen LogP contribution >= 0.6 is 0 Å². The van der Waals surface area contributed by atoms with E-state index in [1.165, 1.54) is 0 Å². The zero-order valence-corrected chi connectivity index (χ0v) is 21.0. The van der Waals surface area contributed by atoms with Gasteiger partial charge in [-0.25, -0.2) is 0 Å². The smallest absolute Gasteiger partial charge is 0.220 e. The predicted octanol–water partition coefficient (Wildman–Crippen LogP) is 4.30. The number of Topliss-reactive ketones (excluding diaryl/α,β-unsaturated/α-hetero) is 1. The first kappa shape index (κ1) is 26.2. The van der Waals surface area contributed by atoms with Gasteiger partial charge in [0.05, 0.1) is 6.04 Å². The fourth-order valence-electron chi connectivity index (χ4n) is 4.92. The molecular formula is C29H38N2O5. The van der Waals surface area contributed by atoms with E-state index in [4.69, 9.17) is 9.47 Å². The second kappa shape index (κ2) is 13.4. The van der Waals surface area contributed by atoms with Crippen molar-refractivity contribution in [2.45, 2.75) is 63.5 Å². The van der Waals surface area contributed by atoms with Crippen LogP contribution in [-0.4, -0.2) is 60.6 Å². The predicted molar refractivity (Wildman–Crippen MR) is 138 cm³/mol. The lowest BCUT2D eigenvalue weighted by atomic mass is 10.00. The number of nitrogens with zero attached hydrogens (tertiary/aromatic N) is 1. The van der Waals surface area contributed by atoms with Crippen LogP contribution in [0, 0.1) is 0 Å². The summed E-state index contributed by atoms with van der Waals surface area (Å²) in [5, 5.41) is 14.3. The summed E-state index contributed by atoms with van der Waals surface area (Å²) in [6, 6.07) is 14.5. The monoisotopic (exact) mass is 494 g/mol. The Balaban J connectivity index is 1.24. The van der Waals surface area contributed by atoms with E-state index in [1.54, 1.807) is 0 Å². The van der Waals surface area contributed by atoms with Crippen molar-refractivity contribution in [3.8, 4) is 11.5 Å². The molecule has 2 N–H and O–H groups in total. The molecule has 1 fully saturated rings.